The zero-order valence-corrected chi connectivity index (χ0v) is 29.8. The molecule has 1 aromatic heterocycles. The van der Waals surface area contributed by atoms with Gasteiger partial charge < -0.3 is 0 Å². The Morgan fingerprint density at radius 3 is 1.77 bits per heavy atom. The first-order valence-electron chi connectivity index (χ1n) is 16.1. The Bertz CT molecular complexity index is 1780. The second kappa shape index (κ2) is 24.1. The maximum atomic E-state index is 11.7. The van der Waals surface area contributed by atoms with Gasteiger partial charge in [0.25, 0.3) is 0 Å². The van der Waals surface area contributed by atoms with Gasteiger partial charge in [0, 0.05) is 61.0 Å². The fourth-order valence-electron chi connectivity index (χ4n) is 4.60. The van der Waals surface area contributed by atoms with Crippen molar-refractivity contribution in [3.05, 3.63) is 83.0 Å². The molecule has 3 fully saturated rings. The van der Waals surface area contributed by atoms with E-state index in [0.717, 1.165) is 11.4 Å². The number of hydrogen-bond acceptors (Lipinski definition) is 9. The van der Waals surface area contributed by atoms with Crippen LogP contribution in [0.1, 0.15) is 57.1 Å². The maximum Gasteiger partial charge on any atom is 0.230 e. The molecule has 0 radical (unpaired) electrons. The molecular formula is C36H38BrN9O6. The summed E-state index contributed by atoms with van der Waals surface area (Å²) in [5.74, 6) is 3.30. The van der Waals surface area contributed by atoms with E-state index in [0.29, 0.717) is 68.8 Å². The Morgan fingerprint density at radius 1 is 0.788 bits per heavy atom. The van der Waals surface area contributed by atoms with Crippen molar-refractivity contribution in [2.75, 3.05) is 5.33 Å². The molecular weight excluding hydrogens is 734 g/mol. The van der Waals surface area contributed by atoms with Crippen LogP contribution in [-0.4, -0.2) is 55.8 Å². The summed E-state index contributed by atoms with van der Waals surface area (Å²) >= 11 is 3.01. The quantitative estimate of drug-likeness (QED) is 0.0842. The number of carbonyl (C=O) groups excluding carboxylic acids is 6. The van der Waals surface area contributed by atoms with Crippen molar-refractivity contribution in [2.24, 2.45) is 17.0 Å². The SMILES string of the molecule is C#CCBr.C#CCC1CCC(=O)NC1=O.O=C1CCC(Cc2cn(-c3ccccc3)nn2)C(=O)N1.O=C1CCCC(=O)N1.[N-]=[N+]=Nc1ccccc1. The zero-order chi connectivity index (χ0) is 38.1. The second-order valence-corrected chi connectivity index (χ2v) is 11.6. The van der Waals surface area contributed by atoms with E-state index in [1.165, 1.54) is 0 Å². The summed E-state index contributed by atoms with van der Waals surface area (Å²) in [5.41, 5.74) is 10.3. The van der Waals surface area contributed by atoms with Gasteiger partial charge in [-0.1, -0.05) is 80.7 Å². The highest BCUT2D eigenvalue weighted by molar-refractivity contribution is 9.09. The number of nitrogens with one attached hydrogen (secondary N) is 3. The van der Waals surface area contributed by atoms with Gasteiger partial charge in [-0.15, -0.1) is 23.9 Å². The predicted octanol–water partition coefficient (Wildman–Crippen LogP) is 4.38. The number of carbonyl (C=O) groups is 6. The highest BCUT2D eigenvalue weighted by Crippen LogP contribution is 2.18. The predicted molar refractivity (Wildman–Crippen MR) is 195 cm³/mol. The molecule has 4 heterocycles. The number of amides is 6. The monoisotopic (exact) mass is 771 g/mol. The lowest BCUT2D eigenvalue weighted by molar-refractivity contribution is -0.137. The van der Waals surface area contributed by atoms with Crippen molar-refractivity contribution >= 4 is 57.1 Å². The summed E-state index contributed by atoms with van der Waals surface area (Å²) < 4.78 is 1.68. The molecule has 6 amide bonds. The van der Waals surface area contributed by atoms with E-state index in [4.69, 9.17) is 18.4 Å². The van der Waals surface area contributed by atoms with Gasteiger partial charge in [0.05, 0.1) is 22.9 Å². The van der Waals surface area contributed by atoms with E-state index in [1.807, 2.05) is 54.7 Å². The van der Waals surface area contributed by atoms with Crippen molar-refractivity contribution in [1.29, 1.82) is 0 Å². The molecule has 270 valence electrons. The van der Waals surface area contributed by atoms with E-state index in [-0.39, 0.29) is 47.3 Å². The lowest BCUT2D eigenvalue weighted by Gasteiger charge is -2.19. The van der Waals surface area contributed by atoms with E-state index in [2.05, 4.69) is 64.1 Å². The standard InChI is InChI=1S/C14H14N4O2.C8H9NO2.C6H5N3.C5H7NO2.C3H3Br/c19-13-7-6-10(14(20)15-13)8-11-9-18(17-16-11)12-4-2-1-3-5-12;1-2-3-6-4-5-7(10)9-8(6)11;7-9-8-6-4-2-1-3-5-6;7-4-2-1-3-5(8)6-4;1-2-3-4/h1-5,9-10H,6-8H2,(H,15,19,20);1,6H,3-5H2,(H,9,10,11);1-5H;1-3H2,(H,6,7,8);1H,3H2. The third kappa shape index (κ3) is 16.5. The largest absolute Gasteiger partial charge is 0.296 e. The molecule has 6 rings (SSSR count). The summed E-state index contributed by atoms with van der Waals surface area (Å²) in [6.07, 6.45) is 16.2. The number of imide groups is 3. The van der Waals surface area contributed by atoms with Crippen molar-refractivity contribution in [3.8, 4) is 30.4 Å². The first-order valence-corrected chi connectivity index (χ1v) is 17.2. The van der Waals surface area contributed by atoms with Crippen molar-refractivity contribution in [2.45, 2.75) is 57.8 Å². The lowest BCUT2D eigenvalue weighted by Crippen LogP contribution is -2.41. The summed E-state index contributed by atoms with van der Waals surface area (Å²) in [5, 5.41) is 19.0. The molecule has 3 aliphatic rings. The van der Waals surface area contributed by atoms with E-state index < -0.39 is 0 Å². The Labute approximate surface area is 309 Å². The number of halogens is 1. The smallest absolute Gasteiger partial charge is 0.230 e. The summed E-state index contributed by atoms with van der Waals surface area (Å²) in [6.45, 7) is 0. The minimum absolute atomic E-state index is 0.138. The van der Waals surface area contributed by atoms with Crippen LogP contribution < -0.4 is 16.0 Å². The Kier molecular flexibility index (Phi) is 19.5. The fraction of sp³-hybridized carbons (Fsp3) is 0.333. The molecule has 15 nitrogen and oxygen atoms in total. The molecule has 3 N–H and O–H groups in total. The molecule has 0 spiro atoms. The lowest BCUT2D eigenvalue weighted by atomic mass is 9.94. The van der Waals surface area contributed by atoms with Gasteiger partial charge in [-0.05, 0) is 36.9 Å². The fourth-order valence-corrected chi connectivity index (χ4v) is 4.60. The Balaban J connectivity index is 0.000000249. The van der Waals surface area contributed by atoms with Gasteiger partial charge in [0.1, 0.15) is 0 Å². The number of piperidine rings is 3. The van der Waals surface area contributed by atoms with E-state index in [9.17, 15) is 28.8 Å². The highest BCUT2D eigenvalue weighted by atomic mass is 79.9. The van der Waals surface area contributed by atoms with Crippen LogP contribution in [0.15, 0.2) is 72.0 Å². The highest BCUT2D eigenvalue weighted by Gasteiger charge is 2.27. The zero-order valence-electron chi connectivity index (χ0n) is 28.2. The molecule has 52 heavy (non-hydrogen) atoms. The first-order chi connectivity index (χ1) is 25.1. The molecule has 16 heteroatoms. The number of nitrogens with zero attached hydrogens (tertiary/aromatic N) is 6. The first kappa shape index (κ1) is 42.1. The number of aromatic nitrogens is 3. The minimum Gasteiger partial charge on any atom is -0.296 e. The number of rotatable bonds is 5. The number of azide groups is 1. The molecule has 0 aliphatic carbocycles. The number of alkyl halides is 1. The third-order valence-electron chi connectivity index (χ3n) is 7.17. The average Bonchev–Trinajstić information content (AvgIpc) is 3.61. The minimum atomic E-state index is -0.223. The van der Waals surface area contributed by atoms with Gasteiger partial charge in [-0.2, -0.15) is 0 Å². The topological polar surface area (TPSA) is 218 Å². The molecule has 0 bridgehead atoms. The van der Waals surface area contributed by atoms with Crippen LogP contribution in [0.4, 0.5) is 5.69 Å². The molecule has 0 saturated carbocycles. The van der Waals surface area contributed by atoms with Crippen LogP contribution in [0.5, 0.6) is 0 Å². The molecule has 2 aromatic carbocycles. The van der Waals surface area contributed by atoms with Crippen LogP contribution >= 0.6 is 15.9 Å². The number of benzene rings is 2. The average molecular weight is 773 g/mol. The van der Waals surface area contributed by atoms with Gasteiger partial charge in [-0.25, -0.2) is 4.68 Å². The number of hydrogen-bond donors (Lipinski definition) is 3. The molecule has 3 saturated heterocycles. The van der Waals surface area contributed by atoms with Gasteiger partial charge in [0.2, 0.25) is 35.4 Å². The summed E-state index contributed by atoms with van der Waals surface area (Å²) in [6, 6.07) is 18.7. The Morgan fingerprint density at radius 2 is 1.31 bits per heavy atom. The van der Waals surface area contributed by atoms with Crippen LogP contribution in [0, 0.1) is 36.5 Å². The molecule has 2 unspecified atom stereocenters. The summed E-state index contributed by atoms with van der Waals surface area (Å²) in [7, 11) is 0. The van der Waals surface area contributed by atoms with E-state index in [1.54, 1.807) is 16.8 Å². The third-order valence-corrected chi connectivity index (χ3v) is 7.49. The number of terminal acetylenes is 2. The molecule has 2 atom stereocenters. The van der Waals surface area contributed by atoms with Crippen molar-refractivity contribution in [3.63, 3.8) is 0 Å². The second-order valence-electron chi connectivity index (χ2n) is 11.1. The van der Waals surface area contributed by atoms with Gasteiger partial charge in [-0.3, -0.25) is 44.7 Å². The molecule has 3 aromatic rings. The normalized spacial score (nSPS) is 17.3. The van der Waals surface area contributed by atoms with Gasteiger partial charge in [0.15, 0.2) is 0 Å². The molecule has 3 aliphatic heterocycles. The van der Waals surface area contributed by atoms with Crippen LogP contribution in [-0.2, 0) is 35.2 Å². The van der Waals surface area contributed by atoms with Crippen LogP contribution in [0.3, 0.4) is 0 Å². The maximum absolute atomic E-state index is 11.7. The number of para-hydroxylation sites is 1. The van der Waals surface area contributed by atoms with Crippen LogP contribution in [0.25, 0.3) is 16.1 Å². The van der Waals surface area contributed by atoms with Gasteiger partial charge >= 0.3 is 0 Å². The summed E-state index contributed by atoms with van der Waals surface area (Å²) in [4.78, 5) is 67.7. The van der Waals surface area contributed by atoms with E-state index >= 15 is 0 Å². The van der Waals surface area contributed by atoms with Crippen molar-refractivity contribution in [1.82, 2.24) is 30.9 Å². The Hall–Kier alpha value is -6.09. The van der Waals surface area contributed by atoms with Crippen LogP contribution in [0.2, 0.25) is 0 Å². The van der Waals surface area contributed by atoms with Crippen molar-refractivity contribution < 1.29 is 28.8 Å².